The summed E-state index contributed by atoms with van der Waals surface area (Å²) < 4.78 is 9.85. The lowest BCUT2D eigenvalue weighted by Crippen LogP contribution is -2.32. The smallest absolute Gasteiger partial charge is 0.250 e. The number of ether oxygens (including phenoxy) is 2. The van der Waals surface area contributed by atoms with Gasteiger partial charge in [-0.25, -0.2) is 5.48 Å². The highest BCUT2D eigenvalue weighted by atomic mass is 32.2. The van der Waals surface area contributed by atoms with E-state index in [0.717, 1.165) is 40.3 Å². The van der Waals surface area contributed by atoms with Gasteiger partial charge in [-0.1, -0.05) is 18.6 Å². The molecule has 0 aliphatic carbocycles. The van der Waals surface area contributed by atoms with Gasteiger partial charge in [0.15, 0.2) is 0 Å². The number of anilines is 1. The van der Waals surface area contributed by atoms with E-state index in [9.17, 15) is 9.59 Å². The predicted molar refractivity (Wildman–Crippen MR) is 124 cm³/mol. The number of hydroxylamine groups is 1. The first-order chi connectivity index (χ1) is 15.1. The van der Waals surface area contributed by atoms with Crippen molar-refractivity contribution in [3.63, 3.8) is 0 Å². The molecule has 9 heteroatoms. The lowest BCUT2D eigenvalue weighted by molar-refractivity contribution is -0.129. The molecule has 1 aromatic heterocycles. The molecule has 0 spiro atoms. The van der Waals surface area contributed by atoms with Crippen LogP contribution in [0.4, 0.5) is 5.69 Å². The predicted octanol–water partition coefficient (Wildman–Crippen LogP) is 4.02. The van der Waals surface area contributed by atoms with Crippen molar-refractivity contribution < 1.29 is 24.3 Å². The second kappa shape index (κ2) is 11.6. The average molecular weight is 465 g/mol. The fourth-order valence-electron chi connectivity index (χ4n) is 3.56. The highest BCUT2D eigenvalue weighted by Gasteiger charge is 2.38. The molecule has 2 amide bonds. The molecule has 1 aliphatic heterocycles. The summed E-state index contributed by atoms with van der Waals surface area (Å²) in [6, 6.07) is 11.8. The zero-order valence-corrected chi connectivity index (χ0v) is 19.2. The Morgan fingerprint density at radius 1 is 1.16 bits per heavy atom. The summed E-state index contributed by atoms with van der Waals surface area (Å²) in [6.45, 7) is 0.794. The fraction of sp³-hybridized carbons (Fsp3) is 0.455. The third kappa shape index (κ3) is 6.54. The molecule has 1 aliphatic rings. The molecular formula is C22H28N2O5S2. The number of hydrogen-bond acceptors (Lipinski definition) is 7. The number of carbonyl (C=O) groups is 2. The van der Waals surface area contributed by atoms with Crippen molar-refractivity contribution in [2.75, 3.05) is 38.0 Å². The lowest BCUT2D eigenvalue weighted by atomic mass is 9.94. The minimum atomic E-state index is -0.359. The molecule has 0 radical (unpaired) electrons. The molecule has 1 fully saturated rings. The van der Waals surface area contributed by atoms with Gasteiger partial charge >= 0.3 is 0 Å². The number of nitrogens with one attached hydrogen (secondary N) is 2. The Balaban J connectivity index is 1.72. The van der Waals surface area contributed by atoms with Crippen molar-refractivity contribution in [3.05, 3.63) is 41.3 Å². The van der Waals surface area contributed by atoms with Crippen LogP contribution in [0.5, 0.6) is 0 Å². The van der Waals surface area contributed by atoms with Crippen LogP contribution < -0.4 is 10.8 Å². The normalized spacial score (nSPS) is 18.5. The van der Waals surface area contributed by atoms with E-state index in [1.54, 1.807) is 35.7 Å². The van der Waals surface area contributed by atoms with Crippen molar-refractivity contribution in [1.82, 2.24) is 5.48 Å². The second-order valence-corrected chi connectivity index (χ2v) is 9.91. The van der Waals surface area contributed by atoms with Crippen molar-refractivity contribution in [2.45, 2.75) is 30.4 Å². The summed E-state index contributed by atoms with van der Waals surface area (Å²) >= 11 is 3.45. The van der Waals surface area contributed by atoms with Crippen LogP contribution in [-0.2, 0) is 23.8 Å². The Morgan fingerprint density at radius 3 is 2.77 bits per heavy atom. The van der Waals surface area contributed by atoms with Crippen LogP contribution in [0.2, 0.25) is 0 Å². The Hall–Kier alpha value is -1.91. The largest absolute Gasteiger partial charge is 0.382 e. The molecule has 2 heterocycles. The Kier molecular flexibility index (Phi) is 8.91. The Bertz CT molecular complexity index is 880. The molecule has 3 N–H and O–H groups in total. The number of carbonyl (C=O) groups excluding carboxylic acids is 2. The topological polar surface area (TPSA) is 96.9 Å². The molecule has 1 atom stereocenters. The number of thiophene rings is 1. The van der Waals surface area contributed by atoms with Crippen molar-refractivity contribution in [2.24, 2.45) is 0 Å². The summed E-state index contributed by atoms with van der Waals surface area (Å²) in [5.41, 5.74) is 3.49. The number of benzene rings is 1. The van der Waals surface area contributed by atoms with Crippen LogP contribution in [0.15, 0.2) is 36.4 Å². The third-order valence-corrected chi connectivity index (χ3v) is 8.16. The minimum Gasteiger partial charge on any atom is -0.382 e. The minimum absolute atomic E-state index is 0.0244. The summed E-state index contributed by atoms with van der Waals surface area (Å²) in [7, 11) is 1.58. The number of hydrogen-bond donors (Lipinski definition) is 3. The summed E-state index contributed by atoms with van der Waals surface area (Å²) in [5, 5.41) is 11.9. The molecule has 168 valence electrons. The van der Waals surface area contributed by atoms with Gasteiger partial charge in [0.1, 0.15) is 6.61 Å². The average Bonchev–Trinajstić information content (AvgIpc) is 3.29. The zero-order valence-electron chi connectivity index (χ0n) is 17.5. The molecule has 1 aromatic carbocycles. The van der Waals surface area contributed by atoms with Crippen LogP contribution in [0.3, 0.4) is 0 Å². The van der Waals surface area contributed by atoms with E-state index >= 15 is 0 Å². The van der Waals surface area contributed by atoms with E-state index in [-0.39, 0.29) is 29.6 Å². The first-order valence-corrected chi connectivity index (χ1v) is 12.0. The van der Waals surface area contributed by atoms with E-state index in [0.29, 0.717) is 18.9 Å². The molecule has 31 heavy (non-hydrogen) atoms. The number of thioether (sulfide) groups is 1. The van der Waals surface area contributed by atoms with Crippen molar-refractivity contribution in [3.8, 4) is 10.4 Å². The van der Waals surface area contributed by atoms with Gasteiger partial charge in [-0.2, -0.15) is 0 Å². The van der Waals surface area contributed by atoms with E-state index in [2.05, 4.69) is 17.4 Å². The van der Waals surface area contributed by atoms with Gasteiger partial charge < -0.3 is 14.8 Å². The van der Waals surface area contributed by atoms with Crippen LogP contribution in [-0.4, -0.2) is 49.7 Å². The maximum absolute atomic E-state index is 12.1. The number of rotatable bonds is 10. The lowest BCUT2D eigenvalue weighted by Gasteiger charge is -2.35. The maximum Gasteiger partial charge on any atom is 0.250 e. The SMILES string of the molecule is COCCOCC(=O)Nc1cccc(-c2ccc([C@@]3(CC(=O)NO)CCCCS3)s2)c1. The van der Waals surface area contributed by atoms with Crippen LogP contribution >= 0.6 is 23.1 Å². The van der Waals surface area contributed by atoms with Crippen LogP contribution in [0.1, 0.15) is 30.6 Å². The molecule has 7 nitrogen and oxygen atoms in total. The van der Waals surface area contributed by atoms with Gasteiger partial charge in [0.25, 0.3) is 0 Å². The van der Waals surface area contributed by atoms with Gasteiger partial charge in [-0.3, -0.25) is 14.8 Å². The standard InChI is InChI=1S/C22H28N2O5S2/c1-28-10-11-29-15-21(26)23-17-6-4-5-16(13-17)18-7-8-19(31-18)22(14-20(25)24-27)9-2-3-12-30-22/h4-8,13,27H,2-3,9-12,14-15H2,1H3,(H,23,26)(H,24,25)/t22-/m0/s1. The fourth-order valence-corrected chi connectivity index (χ4v) is 6.45. The quantitative estimate of drug-likeness (QED) is 0.279. The zero-order chi connectivity index (χ0) is 22.1. The molecule has 0 bridgehead atoms. The third-order valence-electron chi connectivity index (χ3n) is 5.07. The first kappa shape index (κ1) is 23.7. The highest BCUT2D eigenvalue weighted by molar-refractivity contribution is 8.00. The Morgan fingerprint density at radius 2 is 2.03 bits per heavy atom. The summed E-state index contributed by atoms with van der Waals surface area (Å²) in [5.74, 6) is 0.425. The number of amides is 2. The van der Waals surface area contributed by atoms with Gasteiger partial charge in [-0.15, -0.1) is 23.1 Å². The summed E-state index contributed by atoms with van der Waals surface area (Å²) in [4.78, 5) is 26.2. The molecule has 0 saturated carbocycles. The van der Waals surface area contributed by atoms with E-state index in [1.807, 2.05) is 24.3 Å². The van der Waals surface area contributed by atoms with Gasteiger partial charge in [0.2, 0.25) is 11.8 Å². The second-order valence-electron chi connectivity index (χ2n) is 7.35. The summed E-state index contributed by atoms with van der Waals surface area (Å²) in [6.07, 6.45) is 3.37. The van der Waals surface area contributed by atoms with Crippen molar-refractivity contribution >= 4 is 40.6 Å². The first-order valence-electron chi connectivity index (χ1n) is 10.2. The van der Waals surface area contributed by atoms with Crippen LogP contribution in [0.25, 0.3) is 10.4 Å². The molecule has 1 saturated heterocycles. The van der Waals surface area contributed by atoms with Gasteiger partial charge in [-0.05, 0) is 48.4 Å². The monoisotopic (exact) mass is 464 g/mol. The van der Waals surface area contributed by atoms with E-state index in [1.165, 1.54) is 0 Å². The highest BCUT2D eigenvalue weighted by Crippen LogP contribution is 2.50. The number of methoxy groups -OCH3 is 1. The molecule has 3 rings (SSSR count). The van der Waals surface area contributed by atoms with Gasteiger partial charge in [0.05, 0.1) is 18.0 Å². The maximum atomic E-state index is 12.1. The van der Waals surface area contributed by atoms with Crippen molar-refractivity contribution in [1.29, 1.82) is 0 Å². The van der Waals surface area contributed by atoms with Crippen LogP contribution in [0, 0.1) is 0 Å². The van der Waals surface area contributed by atoms with Gasteiger partial charge in [0, 0.05) is 29.0 Å². The Labute approximate surface area is 190 Å². The van der Waals surface area contributed by atoms with E-state index < -0.39 is 0 Å². The van der Waals surface area contributed by atoms with E-state index in [4.69, 9.17) is 14.7 Å². The molecular weight excluding hydrogens is 436 g/mol. The molecule has 2 aromatic rings. The molecule has 0 unspecified atom stereocenters.